The Bertz CT molecular complexity index is 1490. The monoisotopic (exact) mass is 499 g/mol. The molecular formula is C25H20F3N3O3S. The molecule has 1 atom stereocenters. The number of aromatic nitrogens is 2. The first-order valence-electron chi connectivity index (χ1n) is 10.8. The van der Waals surface area contributed by atoms with Gasteiger partial charge in [0.05, 0.1) is 59.3 Å². The number of pyridine rings is 1. The number of fused-ring (bicyclic) bond motifs is 2. The number of thiazole rings is 1. The average Bonchev–Trinajstić information content (AvgIpc) is 3.24. The van der Waals surface area contributed by atoms with Gasteiger partial charge in [0.15, 0.2) is 0 Å². The number of nitrogens with zero attached hydrogens (tertiary/aromatic N) is 3. The van der Waals surface area contributed by atoms with Crippen LogP contribution in [0, 0.1) is 16.7 Å². The first-order valence-corrected chi connectivity index (χ1v) is 11.6. The van der Waals surface area contributed by atoms with Crippen LogP contribution in [-0.4, -0.2) is 35.5 Å². The third kappa shape index (κ3) is 3.66. The maximum Gasteiger partial charge on any atom is 0.397 e. The van der Waals surface area contributed by atoms with E-state index in [2.05, 4.69) is 16.0 Å². The average molecular weight is 500 g/mol. The molecule has 5 rings (SSSR count). The first-order chi connectivity index (χ1) is 16.7. The Balaban J connectivity index is 1.73. The van der Waals surface area contributed by atoms with Gasteiger partial charge >= 0.3 is 6.18 Å². The van der Waals surface area contributed by atoms with Crippen LogP contribution in [-0.2, 0) is 0 Å². The molecule has 2 heterocycles. The van der Waals surface area contributed by atoms with Crippen molar-refractivity contribution in [2.24, 2.45) is 5.41 Å². The van der Waals surface area contributed by atoms with Crippen molar-refractivity contribution in [3.05, 3.63) is 47.7 Å². The van der Waals surface area contributed by atoms with Gasteiger partial charge in [0.1, 0.15) is 16.5 Å². The second-order valence-electron chi connectivity index (χ2n) is 8.57. The molecule has 0 aliphatic heterocycles. The molecule has 1 aliphatic rings. The van der Waals surface area contributed by atoms with Crippen molar-refractivity contribution >= 4 is 32.5 Å². The van der Waals surface area contributed by atoms with Gasteiger partial charge in [-0.3, -0.25) is 4.98 Å². The highest BCUT2D eigenvalue weighted by Crippen LogP contribution is 2.60. The zero-order valence-electron chi connectivity index (χ0n) is 18.8. The third-order valence-corrected chi connectivity index (χ3v) is 7.75. The second-order valence-corrected chi connectivity index (χ2v) is 9.61. The lowest BCUT2D eigenvalue weighted by molar-refractivity contribution is -0.284. The normalized spacial score (nSPS) is 16.0. The number of hydrogen-bond acceptors (Lipinski definition) is 7. The Hall–Kier alpha value is -3.42. The summed E-state index contributed by atoms with van der Waals surface area (Å²) in [6, 6.07) is 10.3. The fraction of sp³-hybridized carbons (Fsp3) is 0.320. The van der Waals surface area contributed by atoms with Gasteiger partial charge in [-0.1, -0.05) is 6.42 Å². The predicted octanol–water partition coefficient (Wildman–Crippen LogP) is 6.17. The SMILES string of the molecule is COc1cnc2c(-c3nc4c(C(O)C5(C(F)(F)F)CCC5)cc(OC)cc4s3)cc(C#N)cc2c1. The fourth-order valence-corrected chi connectivity index (χ4v) is 5.65. The van der Waals surface area contributed by atoms with Crippen LogP contribution in [0.15, 0.2) is 36.5 Å². The lowest BCUT2D eigenvalue weighted by Crippen LogP contribution is -2.48. The van der Waals surface area contributed by atoms with E-state index in [1.165, 1.54) is 31.6 Å². The molecule has 0 radical (unpaired) electrons. The minimum atomic E-state index is -4.56. The predicted molar refractivity (Wildman–Crippen MR) is 125 cm³/mol. The van der Waals surface area contributed by atoms with Crippen molar-refractivity contribution in [2.75, 3.05) is 14.2 Å². The Morgan fingerprint density at radius 2 is 1.83 bits per heavy atom. The molecule has 2 aromatic carbocycles. The van der Waals surface area contributed by atoms with E-state index in [4.69, 9.17) is 9.47 Å². The van der Waals surface area contributed by atoms with Gasteiger partial charge in [-0.15, -0.1) is 11.3 Å². The maximum absolute atomic E-state index is 14.0. The molecule has 1 fully saturated rings. The van der Waals surface area contributed by atoms with Crippen molar-refractivity contribution in [2.45, 2.75) is 31.5 Å². The Labute approximate surface area is 202 Å². The maximum atomic E-state index is 14.0. The van der Waals surface area contributed by atoms with Crippen molar-refractivity contribution in [3.63, 3.8) is 0 Å². The highest BCUT2D eigenvalue weighted by atomic mass is 32.1. The van der Waals surface area contributed by atoms with Crippen LogP contribution in [0.1, 0.15) is 36.5 Å². The number of aliphatic hydroxyl groups excluding tert-OH is 1. The van der Waals surface area contributed by atoms with Crippen molar-refractivity contribution < 1.29 is 27.8 Å². The fourth-order valence-electron chi connectivity index (χ4n) is 4.61. The summed E-state index contributed by atoms with van der Waals surface area (Å²) in [4.78, 5) is 9.12. The zero-order valence-corrected chi connectivity index (χ0v) is 19.6. The molecular weight excluding hydrogens is 479 g/mol. The number of halogens is 3. The summed E-state index contributed by atoms with van der Waals surface area (Å²) in [5, 5.41) is 21.7. The molecule has 0 spiro atoms. The number of nitriles is 1. The van der Waals surface area contributed by atoms with Crippen LogP contribution >= 0.6 is 11.3 Å². The van der Waals surface area contributed by atoms with E-state index in [-0.39, 0.29) is 23.9 Å². The number of aliphatic hydroxyl groups is 1. The molecule has 0 saturated heterocycles. The minimum Gasteiger partial charge on any atom is -0.497 e. The van der Waals surface area contributed by atoms with Gasteiger partial charge in [-0.2, -0.15) is 18.4 Å². The highest BCUT2D eigenvalue weighted by Gasteiger charge is 2.63. The molecule has 1 unspecified atom stereocenters. The molecule has 1 aliphatic carbocycles. The quantitative estimate of drug-likeness (QED) is 0.354. The number of rotatable bonds is 5. The molecule has 1 N–H and O–H groups in total. The molecule has 180 valence electrons. The van der Waals surface area contributed by atoms with E-state index in [1.807, 2.05) is 0 Å². The topological polar surface area (TPSA) is 88.3 Å². The van der Waals surface area contributed by atoms with Crippen LogP contribution in [0.4, 0.5) is 13.2 Å². The number of benzene rings is 2. The summed E-state index contributed by atoms with van der Waals surface area (Å²) in [5.41, 5.74) is -0.334. The summed E-state index contributed by atoms with van der Waals surface area (Å²) in [6.07, 6.45) is -4.68. The highest BCUT2D eigenvalue weighted by molar-refractivity contribution is 7.21. The van der Waals surface area contributed by atoms with Gasteiger partial charge in [-0.05, 0) is 43.2 Å². The molecule has 1 saturated carbocycles. The smallest absolute Gasteiger partial charge is 0.397 e. The van der Waals surface area contributed by atoms with E-state index < -0.39 is 17.7 Å². The van der Waals surface area contributed by atoms with Crippen LogP contribution < -0.4 is 9.47 Å². The third-order valence-electron chi connectivity index (χ3n) is 6.72. The number of alkyl halides is 3. The van der Waals surface area contributed by atoms with E-state index in [1.54, 1.807) is 30.5 Å². The first kappa shape index (κ1) is 23.3. The van der Waals surface area contributed by atoms with E-state index in [0.29, 0.717) is 49.7 Å². The van der Waals surface area contributed by atoms with Crippen molar-refractivity contribution in [1.29, 1.82) is 5.26 Å². The lowest BCUT2D eigenvalue weighted by Gasteiger charge is -2.46. The molecule has 0 amide bonds. The second kappa shape index (κ2) is 8.36. The Morgan fingerprint density at radius 1 is 1.09 bits per heavy atom. The summed E-state index contributed by atoms with van der Waals surface area (Å²) >= 11 is 1.24. The van der Waals surface area contributed by atoms with Crippen LogP contribution in [0.5, 0.6) is 11.5 Å². The largest absolute Gasteiger partial charge is 0.497 e. The van der Waals surface area contributed by atoms with Crippen LogP contribution in [0.3, 0.4) is 0 Å². The molecule has 4 aromatic rings. The van der Waals surface area contributed by atoms with Crippen LogP contribution in [0.25, 0.3) is 31.7 Å². The van der Waals surface area contributed by atoms with Gasteiger partial charge < -0.3 is 14.6 Å². The van der Waals surface area contributed by atoms with E-state index in [0.717, 1.165) is 0 Å². The van der Waals surface area contributed by atoms with Crippen LogP contribution in [0.2, 0.25) is 0 Å². The summed E-state index contributed by atoms with van der Waals surface area (Å²) in [6.45, 7) is 0. The Kier molecular flexibility index (Phi) is 5.57. The number of ether oxygens (including phenoxy) is 2. The number of methoxy groups -OCH3 is 2. The van der Waals surface area contributed by atoms with E-state index in [9.17, 15) is 23.5 Å². The van der Waals surface area contributed by atoms with Gasteiger partial charge in [0.2, 0.25) is 0 Å². The summed E-state index contributed by atoms with van der Waals surface area (Å²) in [5.74, 6) is 0.854. The lowest BCUT2D eigenvalue weighted by atomic mass is 9.63. The molecule has 10 heteroatoms. The summed E-state index contributed by atoms with van der Waals surface area (Å²) < 4.78 is 53.2. The number of hydrogen-bond donors (Lipinski definition) is 1. The van der Waals surface area contributed by atoms with Gasteiger partial charge in [0, 0.05) is 16.5 Å². The molecule has 35 heavy (non-hydrogen) atoms. The summed E-state index contributed by atoms with van der Waals surface area (Å²) in [7, 11) is 2.94. The minimum absolute atomic E-state index is 0.0780. The Morgan fingerprint density at radius 3 is 2.43 bits per heavy atom. The molecule has 2 aromatic heterocycles. The van der Waals surface area contributed by atoms with Gasteiger partial charge in [0.25, 0.3) is 0 Å². The van der Waals surface area contributed by atoms with E-state index >= 15 is 0 Å². The molecule has 6 nitrogen and oxygen atoms in total. The molecule has 0 bridgehead atoms. The standard InChI is InChI=1S/C25H20F3N3O3S/c1-33-15-9-17(22(32)24(4-3-5-24)25(26,27)28)21-19(10-15)35-23(31-21)18-7-13(11-29)6-14-8-16(34-2)12-30-20(14)18/h6-10,12,22,32H,3-5H2,1-2H3. The van der Waals surface area contributed by atoms with Crippen molar-refractivity contribution in [3.8, 4) is 28.1 Å². The zero-order chi connectivity index (χ0) is 25.0. The van der Waals surface area contributed by atoms with Crippen molar-refractivity contribution in [1.82, 2.24) is 9.97 Å². The van der Waals surface area contributed by atoms with Gasteiger partial charge in [-0.25, -0.2) is 4.98 Å².